The molecule has 0 radical (unpaired) electrons. The van der Waals surface area contributed by atoms with Crippen molar-refractivity contribution in [2.45, 2.75) is 27.1 Å². The van der Waals surface area contributed by atoms with Crippen molar-refractivity contribution in [3.63, 3.8) is 0 Å². The number of anilines is 1. The number of hydrogen-bond acceptors (Lipinski definition) is 5. The van der Waals surface area contributed by atoms with Gasteiger partial charge in [0.1, 0.15) is 5.70 Å². The molecule has 3 rings (SSSR count). The van der Waals surface area contributed by atoms with Crippen LogP contribution in [-0.2, 0) is 14.3 Å². The molecule has 0 saturated heterocycles. The summed E-state index contributed by atoms with van der Waals surface area (Å²) in [7, 11) is 0. The fraction of sp³-hybridized carbons (Fsp3) is 0.200. The fourth-order valence-corrected chi connectivity index (χ4v) is 2.63. The van der Waals surface area contributed by atoms with Crippen molar-refractivity contribution >= 4 is 29.2 Å². The van der Waals surface area contributed by atoms with Gasteiger partial charge < -0.3 is 14.8 Å². The van der Waals surface area contributed by atoms with Crippen LogP contribution < -0.4 is 5.32 Å². The second-order valence-electron chi connectivity index (χ2n) is 6.16. The Kier molecular flexibility index (Phi) is 5.00. The summed E-state index contributed by atoms with van der Waals surface area (Å²) in [5.74, 6) is -1.34. The van der Waals surface area contributed by atoms with Crippen molar-refractivity contribution in [3.8, 4) is 0 Å². The van der Waals surface area contributed by atoms with Crippen LogP contribution in [0.2, 0.25) is 0 Å². The standard InChI is InChI=1S/C20H18ClNO4/c1-11-4-7-14(8-5-11)18(23)25-20-17(16(21)19(24)26-20)22-15-9-6-12(2)13(3)10-15/h4-10,20,22H,1-3H3/t20-/m0/s1. The molecule has 1 N–H and O–H groups in total. The molecule has 2 aromatic rings. The van der Waals surface area contributed by atoms with Crippen LogP contribution in [0.15, 0.2) is 53.2 Å². The van der Waals surface area contributed by atoms with Crippen molar-refractivity contribution in [3.05, 3.63) is 75.4 Å². The summed E-state index contributed by atoms with van der Waals surface area (Å²) < 4.78 is 10.4. The zero-order valence-electron chi connectivity index (χ0n) is 14.6. The van der Waals surface area contributed by atoms with E-state index in [4.69, 9.17) is 21.1 Å². The van der Waals surface area contributed by atoms with E-state index in [0.717, 1.165) is 22.4 Å². The number of aryl methyl sites for hydroxylation is 3. The largest absolute Gasteiger partial charge is 0.415 e. The van der Waals surface area contributed by atoms with Crippen LogP contribution in [0, 0.1) is 20.8 Å². The van der Waals surface area contributed by atoms with Gasteiger partial charge in [-0.05, 0) is 56.2 Å². The highest BCUT2D eigenvalue weighted by Gasteiger charge is 2.36. The Bertz CT molecular complexity index is 903. The van der Waals surface area contributed by atoms with E-state index in [0.29, 0.717) is 5.56 Å². The van der Waals surface area contributed by atoms with E-state index in [9.17, 15) is 9.59 Å². The normalized spacial score (nSPS) is 16.5. The highest BCUT2D eigenvalue weighted by atomic mass is 35.5. The van der Waals surface area contributed by atoms with E-state index in [1.807, 2.05) is 39.0 Å². The van der Waals surface area contributed by atoms with Crippen LogP contribution in [0.4, 0.5) is 5.69 Å². The molecule has 134 valence electrons. The zero-order valence-corrected chi connectivity index (χ0v) is 15.4. The van der Waals surface area contributed by atoms with Gasteiger partial charge in [-0.15, -0.1) is 0 Å². The molecule has 1 aliphatic heterocycles. The molecule has 0 amide bonds. The van der Waals surface area contributed by atoms with Gasteiger partial charge in [-0.25, -0.2) is 9.59 Å². The van der Waals surface area contributed by atoms with E-state index in [1.54, 1.807) is 24.3 Å². The lowest BCUT2D eigenvalue weighted by molar-refractivity contribution is -0.152. The lowest BCUT2D eigenvalue weighted by Crippen LogP contribution is -2.24. The van der Waals surface area contributed by atoms with Gasteiger partial charge in [-0.2, -0.15) is 0 Å². The first kappa shape index (κ1) is 18.0. The van der Waals surface area contributed by atoms with Crippen LogP contribution in [0.3, 0.4) is 0 Å². The van der Waals surface area contributed by atoms with Crippen LogP contribution in [0.25, 0.3) is 0 Å². The molecule has 26 heavy (non-hydrogen) atoms. The van der Waals surface area contributed by atoms with Crippen molar-refractivity contribution in [1.29, 1.82) is 0 Å². The predicted octanol–water partition coefficient (Wildman–Crippen LogP) is 4.21. The minimum atomic E-state index is -1.22. The molecule has 0 bridgehead atoms. The molecule has 1 aliphatic rings. The van der Waals surface area contributed by atoms with Gasteiger partial charge in [0.05, 0.1) is 5.56 Å². The third-order valence-corrected chi connectivity index (χ3v) is 4.51. The monoisotopic (exact) mass is 371 g/mol. The maximum Gasteiger partial charge on any atom is 0.355 e. The van der Waals surface area contributed by atoms with Gasteiger partial charge in [-0.1, -0.05) is 35.4 Å². The zero-order chi connectivity index (χ0) is 18.8. The number of hydrogen-bond donors (Lipinski definition) is 1. The van der Waals surface area contributed by atoms with Gasteiger partial charge in [-0.3, -0.25) is 0 Å². The smallest absolute Gasteiger partial charge is 0.355 e. The molecular formula is C20H18ClNO4. The highest BCUT2D eigenvalue weighted by molar-refractivity contribution is 6.42. The number of ether oxygens (including phenoxy) is 2. The van der Waals surface area contributed by atoms with Crippen molar-refractivity contribution in [2.24, 2.45) is 0 Å². The second kappa shape index (κ2) is 7.22. The maximum absolute atomic E-state index is 12.3. The third kappa shape index (κ3) is 3.73. The van der Waals surface area contributed by atoms with Crippen LogP contribution in [0.1, 0.15) is 27.0 Å². The Hall–Kier alpha value is -2.79. The molecule has 5 nitrogen and oxygen atoms in total. The van der Waals surface area contributed by atoms with E-state index >= 15 is 0 Å². The van der Waals surface area contributed by atoms with Gasteiger partial charge >= 0.3 is 11.9 Å². The number of rotatable bonds is 4. The Balaban J connectivity index is 1.80. The van der Waals surface area contributed by atoms with Crippen LogP contribution >= 0.6 is 11.6 Å². The quantitative estimate of drug-likeness (QED) is 0.815. The number of carbonyl (C=O) groups excluding carboxylic acids is 2. The van der Waals surface area contributed by atoms with Gasteiger partial charge in [0.15, 0.2) is 5.03 Å². The molecule has 2 aromatic carbocycles. The predicted molar refractivity (Wildman–Crippen MR) is 98.9 cm³/mol. The van der Waals surface area contributed by atoms with E-state index < -0.39 is 18.2 Å². The molecule has 0 saturated carbocycles. The van der Waals surface area contributed by atoms with Crippen LogP contribution in [0.5, 0.6) is 0 Å². The average molecular weight is 372 g/mol. The molecule has 0 aliphatic carbocycles. The van der Waals surface area contributed by atoms with Gasteiger partial charge in [0, 0.05) is 5.69 Å². The topological polar surface area (TPSA) is 64.6 Å². The Labute approximate surface area is 156 Å². The van der Waals surface area contributed by atoms with Gasteiger partial charge in [0.25, 0.3) is 6.29 Å². The van der Waals surface area contributed by atoms with Crippen molar-refractivity contribution in [2.75, 3.05) is 5.32 Å². The fourth-order valence-electron chi connectivity index (χ4n) is 2.45. The average Bonchev–Trinajstić information content (AvgIpc) is 2.86. The number of halogens is 1. The minimum absolute atomic E-state index is 0.134. The highest BCUT2D eigenvalue weighted by Crippen LogP contribution is 2.29. The lowest BCUT2D eigenvalue weighted by Gasteiger charge is -2.17. The minimum Gasteiger partial charge on any atom is -0.415 e. The first-order valence-electron chi connectivity index (χ1n) is 8.07. The summed E-state index contributed by atoms with van der Waals surface area (Å²) in [5.41, 5.74) is 4.52. The SMILES string of the molecule is Cc1ccc(C(=O)O[C@H]2OC(=O)C(Cl)=C2Nc2ccc(C)c(C)c2)cc1. The first-order valence-corrected chi connectivity index (χ1v) is 8.45. The van der Waals surface area contributed by atoms with Crippen LogP contribution in [-0.4, -0.2) is 18.2 Å². The number of nitrogens with one attached hydrogen (secondary N) is 1. The van der Waals surface area contributed by atoms with Gasteiger partial charge in [0.2, 0.25) is 0 Å². The summed E-state index contributed by atoms with van der Waals surface area (Å²) in [5, 5.41) is 2.90. The molecule has 1 heterocycles. The third-order valence-electron chi connectivity index (χ3n) is 4.15. The summed E-state index contributed by atoms with van der Waals surface area (Å²) in [6.45, 7) is 5.89. The van der Waals surface area contributed by atoms with E-state index in [2.05, 4.69) is 5.32 Å². The summed E-state index contributed by atoms with van der Waals surface area (Å²) in [4.78, 5) is 24.1. The molecule has 1 atom stereocenters. The lowest BCUT2D eigenvalue weighted by atomic mass is 10.1. The molecule has 0 spiro atoms. The number of cyclic esters (lactones) is 1. The summed E-state index contributed by atoms with van der Waals surface area (Å²) in [6, 6.07) is 12.6. The maximum atomic E-state index is 12.3. The first-order chi connectivity index (χ1) is 12.3. The Morgan fingerprint density at radius 3 is 2.42 bits per heavy atom. The van der Waals surface area contributed by atoms with Crippen molar-refractivity contribution < 1.29 is 19.1 Å². The Morgan fingerprint density at radius 1 is 1.08 bits per heavy atom. The number of carbonyl (C=O) groups is 2. The molecular weight excluding hydrogens is 354 g/mol. The molecule has 0 unspecified atom stereocenters. The summed E-state index contributed by atoms with van der Waals surface area (Å²) >= 11 is 6.05. The van der Waals surface area contributed by atoms with E-state index in [1.165, 1.54) is 0 Å². The number of benzene rings is 2. The van der Waals surface area contributed by atoms with Crippen molar-refractivity contribution in [1.82, 2.24) is 0 Å². The summed E-state index contributed by atoms with van der Waals surface area (Å²) in [6.07, 6.45) is -1.22. The molecule has 0 fully saturated rings. The second-order valence-corrected chi connectivity index (χ2v) is 6.54. The molecule has 6 heteroatoms. The molecule has 0 aromatic heterocycles. The van der Waals surface area contributed by atoms with E-state index in [-0.39, 0.29) is 10.7 Å². The number of esters is 2. The Morgan fingerprint density at radius 2 is 1.77 bits per heavy atom.